The van der Waals surface area contributed by atoms with Gasteiger partial charge in [0.1, 0.15) is 0 Å². The number of H-pyrrole nitrogens is 1. The van der Waals surface area contributed by atoms with E-state index >= 15 is 0 Å². The summed E-state index contributed by atoms with van der Waals surface area (Å²) in [4.78, 5) is 3.72. The quantitative estimate of drug-likeness (QED) is 0.857. The number of aryl methyl sites for hydroxylation is 1. The molecule has 0 radical (unpaired) electrons. The van der Waals surface area contributed by atoms with Crippen LogP contribution in [0.25, 0.3) is 11.3 Å². The molecule has 0 aliphatic heterocycles. The molecule has 0 spiro atoms. The van der Waals surface area contributed by atoms with Crippen molar-refractivity contribution in [1.82, 2.24) is 15.2 Å². The second kappa shape index (κ2) is 5.11. The van der Waals surface area contributed by atoms with E-state index in [2.05, 4.69) is 22.1 Å². The molecule has 2 aromatic rings. The van der Waals surface area contributed by atoms with Gasteiger partial charge in [-0.2, -0.15) is 9.49 Å². The zero-order chi connectivity index (χ0) is 13.2. The Bertz CT molecular complexity index is 559. The van der Waals surface area contributed by atoms with Gasteiger partial charge in [-0.25, -0.2) is 4.98 Å². The maximum absolute atomic E-state index is 12.9. The van der Waals surface area contributed by atoms with E-state index in [1.54, 1.807) is 12.3 Å². The molecule has 0 amide bonds. The highest BCUT2D eigenvalue weighted by Gasteiger charge is 2.23. The van der Waals surface area contributed by atoms with Gasteiger partial charge in [-0.3, -0.25) is 5.10 Å². The average Bonchev–Trinajstić information content (AvgIpc) is 2.83. The van der Waals surface area contributed by atoms with Crippen LogP contribution < -0.4 is 0 Å². The first-order chi connectivity index (χ1) is 9.28. The number of fused-ring (bicyclic) bond motifs is 1. The summed E-state index contributed by atoms with van der Waals surface area (Å²) in [7, 11) is 0. The van der Waals surface area contributed by atoms with Crippen LogP contribution in [-0.2, 0) is 12.8 Å². The van der Waals surface area contributed by atoms with Gasteiger partial charge in [0.2, 0.25) is 5.95 Å². The second-order valence-corrected chi connectivity index (χ2v) is 5.30. The fourth-order valence-corrected chi connectivity index (χ4v) is 2.98. The van der Waals surface area contributed by atoms with Gasteiger partial charge in [-0.05, 0) is 37.3 Å². The molecule has 0 saturated heterocycles. The van der Waals surface area contributed by atoms with E-state index in [-0.39, 0.29) is 0 Å². The molecule has 0 bridgehead atoms. The summed E-state index contributed by atoms with van der Waals surface area (Å²) in [6, 6.07) is 3.14. The van der Waals surface area contributed by atoms with Crippen LogP contribution in [0.5, 0.6) is 0 Å². The minimum atomic E-state index is -0.447. The third-order valence-electron chi connectivity index (χ3n) is 3.95. The van der Waals surface area contributed by atoms with Crippen LogP contribution in [0, 0.1) is 11.9 Å². The standard InChI is InChI=1S/C15H18FN3/c1-2-3-10-4-6-13-12(8-10)15(19-18-13)11-5-7-14(16)17-9-11/h5,7,9-10H,2-4,6,8H2,1H3,(H,18,19). The number of aromatic amines is 1. The lowest BCUT2D eigenvalue weighted by molar-refractivity contribution is 0.421. The Balaban J connectivity index is 1.92. The normalized spacial score (nSPS) is 18.3. The summed E-state index contributed by atoms with van der Waals surface area (Å²) in [5.41, 5.74) is 4.39. The molecule has 3 rings (SSSR count). The zero-order valence-corrected chi connectivity index (χ0v) is 11.1. The molecule has 4 heteroatoms. The second-order valence-electron chi connectivity index (χ2n) is 5.30. The van der Waals surface area contributed by atoms with E-state index in [0.29, 0.717) is 0 Å². The van der Waals surface area contributed by atoms with Crippen LogP contribution in [-0.4, -0.2) is 15.2 Å². The summed E-state index contributed by atoms with van der Waals surface area (Å²) in [6.07, 6.45) is 7.45. The monoisotopic (exact) mass is 259 g/mol. The van der Waals surface area contributed by atoms with Gasteiger partial charge in [0, 0.05) is 23.0 Å². The fourth-order valence-electron chi connectivity index (χ4n) is 2.98. The molecule has 0 saturated carbocycles. The Morgan fingerprint density at radius 1 is 1.42 bits per heavy atom. The molecule has 0 fully saturated rings. The van der Waals surface area contributed by atoms with Crippen LogP contribution in [0.15, 0.2) is 18.3 Å². The zero-order valence-electron chi connectivity index (χ0n) is 11.1. The van der Waals surface area contributed by atoms with Crippen LogP contribution in [0.3, 0.4) is 0 Å². The highest BCUT2D eigenvalue weighted by molar-refractivity contribution is 5.63. The third-order valence-corrected chi connectivity index (χ3v) is 3.95. The van der Waals surface area contributed by atoms with Crippen molar-refractivity contribution >= 4 is 0 Å². The minimum absolute atomic E-state index is 0.447. The van der Waals surface area contributed by atoms with E-state index in [9.17, 15) is 4.39 Å². The molecule has 100 valence electrons. The molecule has 1 aliphatic rings. The number of rotatable bonds is 3. The maximum Gasteiger partial charge on any atom is 0.212 e. The number of halogens is 1. The Morgan fingerprint density at radius 2 is 2.32 bits per heavy atom. The molecule has 2 heterocycles. The predicted molar refractivity (Wildman–Crippen MR) is 72.2 cm³/mol. The van der Waals surface area contributed by atoms with E-state index in [1.165, 1.54) is 36.6 Å². The van der Waals surface area contributed by atoms with Gasteiger partial charge in [-0.1, -0.05) is 19.8 Å². The molecular formula is C15H18FN3. The van der Waals surface area contributed by atoms with Crippen LogP contribution in [0.2, 0.25) is 0 Å². The highest BCUT2D eigenvalue weighted by atomic mass is 19.1. The first-order valence-electron chi connectivity index (χ1n) is 6.96. The van der Waals surface area contributed by atoms with E-state index in [4.69, 9.17) is 0 Å². The summed E-state index contributed by atoms with van der Waals surface area (Å²) < 4.78 is 12.9. The van der Waals surface area contributed by atoms with Gasteiger partial charge < -0.3 is 0 Å². The van der Waals surface area contributed by atoms with Crippen molar-refractivity contribution in [3.63, 3.8) is 0 Å². The van der Waals surface area contributed by atoms with Crippen LogP contribution in [0.4, 0.5) is 4.39 Å². The van der Waals surface area contributed by atoms with Gasteiger partial charge >= 0.3 is 0 Å². The van der Waals surface area contributed by atoms with E-state index in [1.807, 2.05) is 0 Å². The van der Waals surface area contributed by atoms with Crippen LogP contribution >= 0.6 is 0 Å². The first kappa shape index (κ1) is 12.3. The molecule has 1 N–H and O–H groups in total. The Hall–Kier alpha value is -1.71. The number of pyridine rings is 1. The van der Waals surface area contributed by atoms with Crippen molar-refractivity contribution < 1.29 is 4.39 Å². The molecule has 1 aliphatic carbocycles. The lowest BCUT2D eigenvalue weighted by atomic mass is 9.83. The third kappa shape index (κ3) is 2.39. The minimum Gasteiger partial charge on any atom is -0.282 e. The summed E-state index contributed by atoms with van der Waals surface area (Å²) in [5.74, 6) is 0.305. The highest BCUT2D eigenvalue weighted by Crippen LogP contribution is 2.33. The van der Waals surface area contributed by atoms with Crippen molar-refractivity contribution in [3.8, 4) is 11.3 Å². The predicted octanol–water partition coefficient (Wildman–Crippen LogP) is 3.52. The van der Waals surface area contributed by atoms with Gasteiger partial charge in [0.25, 0.3) is 0 Å². The Kier molecular flexibility index (Phi) is 3.32. The molecule has 1 atom stereocenters. The number of nitrogens with one attached hydrogen (secondary N) is 1. The molecular weight excluding hydrogens is 241 g/mol. The maximum atomic E-state index is 12.9. The number of nitrogens with zero attached hydrogens (tertiary/aromatic N) is 2. The number of hydrogen-bond donors (Lipinski definition) is 1. The fraction of sp³-hybridized carbons (Fsp3) is 0.467. The van der Waals surface area contributed by atoms with Crippen molar-refractivity contribution in [3.05, 3.63) is 35.5 Å². The van der Waals surface area contributed by atoms with Gasteiger partial charge in [0.05, 0.1) is 5.69 Å². The molecule has 3 nitrogen and oxygen atoms in total. The SMILES string of the molecule is CCCC1CCc2[nH]nc(-c3ccc(F)nc3)c2C1. The molecule has 19 heavy (non-hydrogen) atoms. The van der Waals surface area contributed by atoms with Crippen molar-refractivity contribution in [2.45, 2.75) is 39.0 Å². The van der Waals surface area contributed by atoms with Crippen molar-refractivity contribution in [2.75, 3.05) is 0 Å². The molecule has 1 unspecified atom stereocenters. The number of aromatic nitrogens is 3. The lowest BCUT2D eigenvalue weighted by Crippen LogP contribution is -2.13. The lowest BCUT2D eigenvalue weighted by Gasteiger charge is -2.21. The largest absolute Gasteiger partial charge is 0.282 e. The summed E-state index contributed by atoms with van der Waals surface area (Å²) in [5, 5.41) is 7.54. The van der Waals surface area contributed by atoms with Crippen LogP contribution in [0.1, 0.15) is 37.4 Å². The summed E-state index contributed by atoms with van der Waals surface area (Å²) in [6.45, 7) is 2.23. The van der Waals surface area contributed by atoms with E-state index < -0.39 is 5.95 Å². The Labute approximate surface area is 112 Å². The average molecular weight is 259 g/mol. The summed E-state index contributed by atoms with van der Waals surface area (Å²) >= 11 is 0. The number of hydrogen-bond acceptors (Lipinski definition) is 2. The smallest absolute Gasteiger partial charge is 0.212 e. The molecule has 2 aromatic heterocycles. The van der Waals surface area contributed by atoms with Gasteiger partial charge in [-0.15, -0.1) is 0 Å². The van der Waals surface area contributed by atoms with Crippen molar-refractivity contribution in [2.24, 2.45) is 5.92 Å². The Morgan fingerprint density at radius 3 is 3.05 bits per heavy atom. The molecule has 0 aromatic carbocycles. The van der Waals surface area contributed by atoms with Gasteiger partial charge in [0.15, 0.2) is 0 Å². The topological polar surface area (TPSA) is 41.6 Å². The first-order valence-corrected chi connectivity index (χ1v) is 6.96. The van der Waals surface area contributed by atoms with E-state index in [0.717, 1.165) is 30.0 Å². The van der Waals surface area contributed by atoms with Crippen molar-refractivity contribution in [1.29, 1.82) is 0 Å².